The van der Waals surface area contributed by atoms with Gasteiger partial charge in [0.1, 0.15) is 0 Å². The highest BCUT2D eigenvalue weighted by Crippen LogP contribution is 2.26. The minimum absolute atomic E-state index is 0.0839. The molecule has 1 N–H and O–H groups in total. The summed E-state index contributed by atoms with van der Waals surface area (Å²) in [7, 11) is 0. The lowest BCUT2D eigenvalue weighted by Crippen LogP contribution is -2.50. The number of nitro groups is 1. The van der Waals surface area contributed by atoms with Gasteiger partial charge in [-0.1, -0.05) is 41.4 Å². The Morgan fingerprint density at radius 2 is 1.77 bits per heavy atom. The fourth-order valence-corrected chi connectivity index (χ4v) is 3.48. The molecule has 2 aromatic rings. The highest BCUT2D eigenvalue weighted by Gasteiger charge is 2.23. The molecule has 0 saturated carbocycles. The van der Waals surface area contributed by atoms with Gasteiger partial charge < -0.3 is 10.2 Å². The zero-order chi connectivity index (χ0) is 21.7. The predicted octanol–water partition coefficient (Wildman–Crippen LogP) is 2.88. The number of nitro benzene ring substituents is 1. The van der Waals surface area contributed by atoms with Crippen molar-refractivity contribution in [2.24, 2.45) is 0 Å². The van der Waals surface area contributed by atoms with Crippen LogP contribution in [0.4, 0.5) is 11.4 Å². The Bertz CT molecular complexity index is 941. The minimum Gasteiger partial charge on any atom is -0.340 e. The molecule has 0 aromatic heterocycles. The van der Waals surface area contributed by atoms with Crippen LogP contribution in [0, 0.1) is 17.0 Å². The fourth-order valence-electron chi connectivity index (χ4n) is 3.26. The van der Waals surface area contributed by atoms with E-state index in [1.165, 1.54) is 18.2 Å². The predicted molar refractivity (Wildman–Crippen MR) is 115 cm³/mol. The zero-order valence-electron chi connectivity index (χ0n) is 16.6. The van der Waals surface area contributed by atoms with Gasteiger partial charge in [0.2, 0.25) is 11.8 Å². The Morgan fingerprint density at radius 3 is 2.37 bits per heavy atom. The van der Waals surface area contributed by atoms with E-state index in [1.54, 1.807) is 0 Å². The monoisotopic (exact) mass is 430 g/mol. The number of halogens is 1. The Morgan fingerprint density at radius 1 is 1.10 bits per heavy atom. The maximum Gasteiger partial charge on any atom is 0.271 e. The average Bonchev–Trinajstić information content (AvgIpc) is 2.71. The van der Waals surface area contributed by atoms with Crippen molar-refractivity contribution in [1.29, 1.82) is 0 Å². The van der Waals surface area contributed by atoms with E-state index in [0.717, 1.165) is 11.1 Å². The molecule has 8 nitrogen and oxygen atoms in total. The molecule has 158 valence electrons. The van der Waals surface area contributed by atoms with Crippen molar-refractivity contribution < 1.29 is 14.5 Å². The average molecular weight is 431 g/mol. The van der Waals surface area contributed by atoms with Gasteiger partial charge in [-0.05, 0) is 18.6 Å². The van der Waals surface area contributed by atoms with Gasteiger partial charge in [0.05, 0.1) is 28.6 Å². The number of non-ortho nitro benzene ring substituents is 1. The number of nitrogens with zero attached hydrogens (tertiary/aromatic N) is 3. The van der Waals surface area contributed by atoms with Crippen molar-refractivity contribution in [2.45, 2.75) is 13.3 Å². The molecule has 0 atom stereocenters. The molecule has 1 aliphatic rings. The largest absolute Gasteiger partial charge is 0.340 e. The number of nitrogens with one attached hydrogen (secondary N) is 1. The summed E-state index contributed by atoms with van der Waals surface area (Å²) in [4.78, 5) is 38.8. The number of hydrogen-bond donors (Lipinski definition) is 1. The molecule has 30 heavy (non-hydrogen) atoms. The molecule has 1 aliphatic heterocycles. The van der Waals surface area contributed by atoms with Gasteiger partial charge in [0, 0.05) is 38.3 Å². The second-order valence-electron chi connectivity index (χ2n) is 7.29. The Kier molecular flexibility index (Phi) is 7.02. The van der Waals surface area contributed by atoms with Gasteiger partial charge in [0.25, 0.3) is 5.69 Å². The molecule has 0 radical (unpaired) electrons. The third-order valence-corrected chi connectivity index (χ3v) is 5.32. The second kappa shape index (κ2) is 9.69. The van der Waals surface area contributed by atoms with Gasteiger partial charge in [-0.3, -0.25) is 24.6 Å². The summed E-state index contributed by atoms with van der Waals surface area (Å²) in [5.41, 5.74) is 2.35. The van der Waals surface area contributed by atoms with Crippen LogP contribution in [0.1, 0.15) is 11.1 Å². The van der Waals surface area contributed by atoms with Crippen LogP contribution in [-0.4, -0.2) is 59.3 Å². The molecule has 0 unspecified atom stereocenters. The number of hydrogen-bond acceptors (Lipinski definition) is 5. The molecule has 1 fully saturated rings. The number of aryl methyl sites for hydroxylation is 1. The normalized spacial score (nSPS) is 14.4. The van der Waals surface area contributed by atoms with Crippen LogP contribution in [-0.2, 0) is 16.0 Å². The molecule has 0 aliphatic carbocycles. The molecule has 3 rings (SSSR count). The van der Waals surface area contributed by atoms with Crippen LogP contribution >= 0.6 is 11.6 Å². The van der Waals surface area contributed by atoms with Crippen molar-refractivity contribution in [3.8, 4) is 0 Å². The van der Waals surface area contributed by atoms with Gasteiger partial charge in [0.15, 0.2) is 0 Å². The molecule has 2 aromatic carbocycles. The van der Waals surface area contributed by atoms with Crippen LogP contribution in [0.3, 0.4) is 0 Å². The molecule has 1 heterocycles. The number of carbonyl (C=O) groups is 2. The Hall–Kier alpha value is -2.97. The van der Waals surface area contributed by atoms with Gasteiger partial charge in [-0.2, -0.15) is 0 Å². The third-order valence-electron chi connectivity index (χ3n) is 5.01. The van der Waals surface area contributed by atoms with Crippen LogP contribution in [0.15, 0.2) is 42.5 Å². The quantitative estimate of drug-likeness (QED) is 0.561. The molecular formula is C21H23ClN4O4. The van der Waals surface area contributed by atoms with Crippen molar-refractivity contribution >= 4 is 34.8 Å². The maximum absolute atomic E-state index is 12.5. The topological polar surface area (TPSA) is 95.8 Å². The minimum atomic E-state index is -0.545. The van der Waals surface area contributed by atoms with Gasteiger partial charge in [-0.15, -0.1) is 0 Å². The lowest BCUT2D eigenvalue weighted by molar-refractivity contribution is -0.384. The molecule has 0 spiro atoms. The first-order valence-electron chi connectivity index (χ1n) is 9.61. The number of carbonyl (C=O) groups excluding carboxylic acids is 2. The first kappa shape index (κ1) is 21.7. The van der Waals surface area contributed by atoms with Crippen molar-refractivity contribution in [3.05, 3.63) is 68.7 Å². The summed E-state index contributed by atoms with van der Waals surface area (Å²) < 4.78 is 0. The lowest BCUT2D eigenvalue weighted by atomic mass is 10.1. The van der Waals surface area contributed by atoms with E-state index in [4.69, 9.17) is 11.6 Å². The third kappa shape index (κ3) is 5.77. The second-order valence-corrected chi connectivity index (χ2v) is 7.70. The molecule has 1 saturated heterocycles. The van der Waals surface area contributed by atoms with E-state index in [0.29, 0.717) is 38.3 Å². The first-order chi connectivity index (χ1) is 14.3. The van der Waals surface area contributed by atoms with Crippen LogP contribution in [0.2, 0.25) is 5.02 Å². The smallest absolute Gasteiger partial charge is 0.271 e. The van der Waals surface area contributed by atoms with Crippen LogP contribution in [0.25, 0.3) is 0 Å². The number of anilines is 1. The van der Waals surface area contributed by atoms with E-state index >= 15 is 0 Å². The van der Waals surface area contributed by atoms with Gasteiger partial charge >= 0.3 is 0 Å². The maximum atomic E-state index is 12.5. The first-order valence-corrected chi connectivity index (χ1v) is 9.99. The summed E-state index contributed by atoms with van der Waals surface area (Å²) in [6.07, 6.45) is 0.374. The van der Waals surface area contributed by atoms with E-state index in [1.807, 2.05) is 41.0 Å². The highest BCUT2D eigenvalue weighted by atomic mass is 35.5. The number of amides is 2. The summed E-state index contributed by atoms with van der Waals surface area (Å²) in [6, 6.07) is 11.8. The molecule has 9 heteroatoms. The molecule has 2 amide bonds. The number of benzene rings is 2. The Balaban J connectivity index is 1.46. The summed E-state index contributed by atoms with van der Waals surface area (Å²) >= 11 is 6.01. The zero-order valence-corrected chi connectivity index (χ0v) is 17.4. The summed E-state index contributed by atoms with van der Waals surface area (Å²) in [5, 5.41) is 13.6. The molecule has 0 bridgehead atoms. The molecular weight excluding hydrogens is 408 g/mol. The van der Waals surface area contributed by atoms with Crippen molar-refractivity contribution in [1.82, 2.24) is 9.80 Å². The van der Waals surface area contributed by atoms with E-state index in [2.05, 4.69) is 5.32 Å². The standard InChI is InChI=1S/C21H23ClN4O4/c1-15-2-4-16(5-3-15)12-21(28)25-10-8-24(9-11-25)14-20(27)23-19-7-6-17(26(29)30)13-18(19)22/h2-7,13H,8-12,14H2,1H3,(H,23,27). The fraction of sp³-hybridized carbons (Fsp3) is 0.333. The Labute approximate surface area is 179 Å². The van der Waals surface area contributed by atoms with Crippen LogP contribution in [0.5, 0.6) is 0 Å². The van der Waals surface area contributed by atoms with E-state index < -0.39 is 4.92 Å². The van der Waals surface area contributed by atoms with E-state index in [9.17, 15) is 19.7 Å². The van der Waals surface area contributed by atoms with Crippen molar-refractivity contribution in [2.75, 3.05) is 38.0 Å². The SMILES string of the molecule is Cc1ccc(CC(=O)N2CCN(CC(=O)Nc3ccc([N+](=O)[O-])cc3Cl)CC2)cc1. The summed E-state index contributed by atoms with van der Waals surface area (Å²) in [6.45, 7) is 4.50. The van der Waals surface area contributed by atoms with Crippen molar-refractivity contribution in [3.63, 3.8) is 0 Å². The highest BCUT2D eigenvalue weighted by molar-refractivity contribution is 6.34. The van der Waals surface area contributed by atoms with Gasteiger partial charge in [-0.25, -0.2) is 0 Å². The summed E-state index contributed by atoms with van der Waals surface area (Å²) in [5.74, 6) is -0.175. The van der Waals surface area contributed by atoms with Crippen LogP contribution < -0.4 is 5.32 Å². The van der Waals surface area contributed by atoms with E-state index in [-0.39, 0.29) is 29.1 Å². The lowest BCUT2D eigenvalue weighted by Gasteiger charge is -2.34. The number of rotatable bonds is 6. The number of piperazine rings is 1.